The van der Waals surface area contributed by atoms with Crippen molar-refractivity contribution in [1.29, 1.82) is 0 Å². The van der Waals surface area contributed by atoms with Crippen molar-refractivity contribution in [2.75, 3.05) is 6.54 Å². The fourth-order valence-electron chi connectivity index (χ4n) is 1.51. The summed E-state index contributed by atoms with van der Waals surface area (Å²) in [7, 11) is 0. The molecule has 1 unspecified atom stereocenters. The van der Waals surface area contributed by atoms with Gasteiger partial charge in [0.2, 0.25) is 0 Å². The van der Waals surface area contributed by atoms with Gasteiger partial charge in [0.1, 0.15) is 0 Å². The van der Waals surface area contributed by atoms with E-state index in [1.54, 1.807) is 6.92 Å². The van der Waals surface area contributed by atoms with Crippen LogP contribution < -0.4 is 10.1 Å². The lowest BCUT2D eigenvalue weighted by molar-refractivity contribution is -0.0522. The zero-order chi connectivity index (χ0) is 15.3. The molecule has 20 heavy (non-hydrogen) atoms. The second-order valence-corrected chi connectivity index (χ2v) is 5.26. The van der Waals surface area contributed by atoms with Crippen molar-refractivity contribution in [3.8, 4) is 5.75 Å². The number of rotatable bonds is 7. The van der Waals surface area contributed by atoms with E-state index in [9.17, 15) is 18.3 Å². The van der Waals surface area contributed by atoms with Crippen molar-refractivity contribution < 1.29 is 23.0 Å². The third-order valence-corrected chi connectivity index (χ3v) is 3.27. The average Bonchev–Trinajstić information content (AvgIpc) is 2.31. The fourth-order valence-corrected chi connectivity index (χ4v) is 1.51. The Labute approximate surface area is 116 Å². The molecule has 0 amide bonds. The summed E-state index contributed by atoms with van der Waals surface area (Å²) in [6, 6.07) is 3.80. The van der Waals surface area contributed by atoms with Gasteiger partial charge in [-0.05, 0) is 30.5 Å². The molecule has 114 valence electrons. The fraction of sp³-hybridized carbons (Fsp3) is 0.571. The van der Waals surface area contributed by atoms with E-state index in [1.165, 1.54) is 12.1 Å². The molecule has 1 aromatic carbocycles. The highest BCUT2D eigenvalue weighted by Crippen LogP contribution is 2.20. The summed E-state index contributed by atoms with van der Waals surface area (Å²) < 4.78 is 41.4. The van der Waals surface area contributed by atoms with E-state index in [4.69, 9.17) is 0 Å². The van der Waals surface area contributed by atoms with E-state index in [1.807, 2.05) is 13.8 Å². The molecule has 0 heterocycles. The zero-order valence-electron chi connectivity index (χ0n) is 11.8. The highest BCUT2D eigenvalue weighted by Gasteiger charge is 2.24. The normalized spacial score (nSPS) is 14.7. The van der Waals surface area contributed by atoms with Crippen LogP contribution in [0, 0.1) is 11.7 Å². The van der Waals surface area contributed by atoms with Crippen molar-refractivity contribution in [1.82, 2.24) is 5.32 Å². The molecule has 0 aromatic heterocycles. The average molecular weight is 291 g/mol. The first-order valence-corrected chi connectivity index (χ1v) is 6.38. The highest BCUT2D eigenvalue weighted by molar-refractivity contribution is 5.29. The lowest BCUT2D eigenvalue weighted by Crippen LogP contribution is -2.41. The van der Waals surface area contributed by atoms with Crippen molar-refractivity contribution in [3.63, 3.8) is 0 Å². The monoisotopic (exact) mass is 291 g/mol. The van der Waals surface area contributed by atoms with Crippen LogP contribution in [0.5, 0.6) is 5.75 Å². The Balaban J connectivity index is 2.56. The van der Waals surface area contributed by atoms with Crippen LogP contribution in [0.25, 0.3) is 0 Å². The lowest BCUT2D eigenvalue weighted by atomic mass is 9.92. The summed E-state index contributed by atoms with van der Waals surface area (Å²) in [4.78, 5) is 0. The second-order valence-electron chi connectivity index (χ2n) is 5.26. The number of aliphatic hydroxyl groups is 1. The Bertz CT molecular complexity index is 436. The molecule has 6 heteroatoms. The van der Waals surface area contributed by atoms with Gasteiger partial charge in [0, 0.05) is 13.1 Å². The van der Waals surface area contributed by atoms with Gasteiger partial charge >= 0.3 is 6.61 Å². The van der Waals surface area contributed by atoms with Crippen LogP contribution >= 0.6 is 0 Å². The van der Waals surface area contributed by atoms with Gasteiger partial charge in [-0.15, -0.1) is 0 Å². The van der Waals surface area contributed by atoms with Crippen LogP contribution in [0.2, 0.25) is 0 Å². The minimum Gasteiger partial charge on any atom is -0.432 e. The molecular weight excluding hydrogens is 271 g/mol. The van der Waals surface area contributed by atoms with Gasteiger partial charge in [0.15, 0.2) is 11.6 Å². The first-order chi connectivity index (χ1) is 9.22. The van der Waals surface area contributed by atoms with E-state index in [-0.39, 0.29) is 5.92 Å². The molecule has 0 aliphatic heterocycles. The maximum Gasteiger partial charge on any atom is 0.387 e. The number of halogens is 3. The molecule has 0 radical (unpaired) electrons. The summed E-state index contributed by atoms with van der Waals surface area (Å²) in [5.74, 6) is -1.23. The number of hydrogen-bond acceptors (Lipinski definition) is 3. The number of benzene rings is 1. The summed E-state index contributed by atoms with van der Waals surface area (Å²) in [5, 5.41) is 13.0. The van der Waals surface area contributed by atoms with E-state index in [0.717, 1.165) is 6.07 Å². The number of ether oxygens (including phenoxy) is 1. The molecule has 2 N–H and O–H groups in total. The first kappa shape index (κ1) is 16.8. The topological polar surface area (TPSA) is 41.5 Å². The maximum absolute atomic E-state index is 13.5. The predicted octanol–water partition coefficient (Wildman–Crippen LogP) is 2.92. The number of nitrogens with one attached hydrogen (secondary N) is 1. The quantitative estimate of drug-likeness (QED) is 0.811. The van der Waals surface area contributed by atoms with E-state index in [0.29, 0.717) is 18.7 Å². The van der Waals surface area contributed by atoms with Gasteiger partial charge in [0.25, 0.3) is 0 Å². The third-order valence-electron chi connectivity index (χ3n) is 3.27. The van der Waals surface area contributed by atoms with Crippen LogP contribution in [-0.2, 0) is 6.54 Å². The third kappa shape index (κ3) is 5.02. The molecule has 0 aliphatic rings. The predicted molar refractivity (Wildman–Crippen MR) is 70.2 cm³/mol. The van der Waals surface area contributed by atoms with E-state index < -0.39 is 23.8 Å². The Hall–Kier alpha value is -1.27. The number of alkyl halides is 2. The second kappa shape index (κ2) is 6.95. The van der Waals surface area contributed by atoms with Crippen LogP contribution in [0.15, 0.2) is 18.2 Å². The summed E-state index contributed by atoms with van der Waals surface area (Å²) in [5.41, 5.74) is -0.277. The molecule has 3 nitrogen and oxygen atoms in total. The van der Waals surface area contributed by atoms with E-state index >= 15 is 0 Å². The minimum atomic E-state index is -3.05. The lowest BCUT2D eigenvalue weighted by Gasteiger charge is -2.28. The van der Waals surface area contributed by atoms with E-state index in [2.05, 4.69) is 10.1 Å². The van der Waals surface area contributed by atoms with Crippen molar-refractivity contribution in [2.45, 2.75) is 39.5 Å². The number of hydrogen-bond donors (Lipinski definition) is 2. The first-order valence-electron chi connectivity index (χ1n) is 6.38. The van der Waals surface area contributed by atoms with Gasteiger partial charge in [-0.25, -0.2) is 4.39 Å². The Morgan fingerprint density at radius 1 is 1.35 bits per heavy atom. The SMILES string of the molecule is CC(C)C(C)(O)CNCc1ccc(OC(F)F)c(F)c1. The molecule has 0 spiro atoms. The Morgan fingerprint density at radius 3 is 2.50 bits per heavy atom. The van der Waals surface area contributed by atoms with Crippen LogP contribution in [0.1, 0.15) is 26.3 Å². The molecule has 1 rings (SSSR count). The molecule has 1 aromatic rings. The van der Waals surface area contributed by atoms with Crippen LogP contribution in [-0.4, -0.2) is 23.9 Å². The Morgan fingerprint density at radius 2 is 2.00 bits per heavy atom. The van der Waals surface area contributed by atoms with Crippen LogP contribution in [0.3, 0.4) is 0 Å². The van der Waals surface area contributed by atoms with Crippen molar-refractivity contribution in [2.24, 2.45) is 5.92 Å². The van der Waals surface area contributed by atoms with Gasteiger partial charge in [-0.2, -0.15) is 8.78 Å². The Kier molecular flexibility index (Phi) is 5.83. The summed E-state index contributed by atoms with van der Waals surface area (Å²) in [6.07, 6.45) is 0. The molecule has 0 bridgehead atoms. The van der Waals surface area contributed by atoms with Gasteiger partial charge in [-0.1, -0.05) is 19.9 Å². The summed E-state index contributed by atoms with van der Waals surface area (Å²) >= 11 is 0. The smallest absolute Gasteiger partial charge is 0.387 e. The van der Waals surface area contributed by atoms with Crippen molar-refractivity contribution >= 4 is 0 Å². The minimum absolute atomic E-state index is 0.0774. The van der Waals surface area contributed by atoms with Gasteiger partial charge in [0.05, 0.1) is 5.60 Å². The molecule has 1 atom stereocenters. The molecular formula is C14H20F3NO2. The molecule has 0 saturated heterocycles. The standard InChI is InChI=1S/C14H20F3NO2/c1-9(2)14(3,19)8-18-7-10-4-5-12(11(15)6-10)20-13(16)17/h4-6,9,13,18-19H,7-8H2,1-3H3. The molecule has 0 aliphatic carbocycles. The van der Waals surface area contributed by atoms with Crippen LogP contribution in [0.4, 0.5) is 13.2 Å². The van der Waals surface area contributed by atoms with Gasteiger partial charge < -0.3 is 15.2 Å². The van der Waals surface area contributed by atoms with Gasteiger partial charge in [-0.3, -0.25) is 0 Å². The molecule has 0 saturated carbocycles. The zero-order valence-corrected chi connectivity index (χ0v) is 11.8. The largest absolute Gasteiger partial charge is 0.432 e. The molecule has 0 fully saturated rings. The maximum atomic E-state index is 13.5. The highest BCUT2D eigenvalue weighted by atomic mass is 19.3. The van der Waals surface area contributed by atoms with Crippen molar-refractivity contribution in [3.05, 3.63) is 29.6 Å². The summed E-state index contributed by atoms with van der Waals surface area (Å²) in [6.45, 7) is 3.14.